The van der Waals surface area contributed by atoms with Crippen molar-refractivity contribution in [3.05, 3.63) is 10.6 Å². The number of thioether (sulfide) groups is 1. The molecule has 0 saturated carbocycles. The number of fused-ring (bicyclic) bond motifs is 1. The summed E-state index contributed by atoms with van der Waals surface area (Å²) >= 11 is 1.51. The van der Waals surface area contributed by atoms with E-state index in [1.54, 1.807) is 19.0 Å². The van der Waals surface area contributed by atoms with E-state index < -0.39 is 11.4 Å². The van der Waals surface area contributed by atoms with Crippen LogP contribution in [0.15, 0.2) is 10.6 Å². The van der Waals surface area contributed by atoms with E-state index in [2.05, 4.69) is 5.32 Å². The number of rotatable bonds is 4. The molecule has 0 radical (unpaired) electrons. The number of nitrogens with zero attached hydrogens (tertiary/aromatic N) is 2. The van der Waals surface area contributed by atoms with Gasteiger partial charge < -0.3 is 20.2 Å². The molecule has 0 aromatic carbocycles. The highest BCUT2D eigenvalue weighted by molar-refractivity contribution is 8.03. The maximum absolute atomic E-state index is 12.4. The largest absolute Gasteiger partial charge is 0.477 e. The fourth-order valence-electron chi connectivity index (χ4n) is 4.23. The number of hydrogen-bond donors (Lipinski definition) is 2. The van der Waals surface area contributed by atoms with Crippen LogP contribution in [0.2, 0.25) is 0 Å². The van der Waals surface area contributed by atoms with Gasteiger partial charge in [-0.15, -0.1) is 11.8 Å². The molecule has 3 rings (SSSR count). The molecular formula is C17H25N3O4S. The van der Waals surface area contributed by atoms with Gasteiger partial charge in [0.25, 0.3) is 0 Å². The smallest absolute Gasteiger partial charge is 0.353 e. The molecular weight excluding hydrogens is 342 g/mol. The number of hydrogen-bond acceptors (Lipinski definition) is 5. The molecule has 2 N–H and O–H groups in total. The fourth-order valence-corrected chi connectivity index (χ4v) is 5.70. The standard InChI is InChI=1S/C17H25N3O4S/c1-8-12(25-9-6-10(18-7-9)14(21)19(4)5)11(15(22)23)20-13(8)17(2,3)16(20)24/h8-10,13,18H,6-7H2,1-5H3,(H,22,23)/t8-,9-,10-,13-/m0/s1. The van der Waals surface area contributed by atoms with Crippen LogP contribution < -0.4 is 5.32 Å². The zero-order valence-corrected chi connectivity index (χ0v) is 16.0. The van der Waals surface area contributed by atoms with E-state index in [9.17, 15) is 19.5 Å². The van der Waals surface area contributed by atoms with E-state index in [1.807, 2.05) is 20.8 Å². The topological polar surface area (TPSA) is 89.9 Å². The quantitative estimate of drug-likeness (QED) is 0.712. The Morgan fingerprint density at radius 3 is 2.56 bits per heavy atom. The third-order valence-electron chi connectivity index (χ3n) is 5.47. The minimum Gasteiger partial charge on any atom is -0.477 e. The maximum atomic E-state index is 12.4. The zero-order chi connectivity index (χ0) is 18.7. The van der Waals surface area contributed by atoms with Gasteiger partial charge in [0.15, 0.2) is 0 Å². The van der Waals surface area contributed by atoms with Gasteiger partial charge in [0.2, 0.25) is 11.8 Å². The maximum Gasteiger partial charge on any atom is 0.353 e. The third kappa shape index (κ3) is 2.66. The molecule has 2 saturated heterocycles. The van der Waals surface area contributed by atoms with Crippen LogP contribution in [0.3, 0.4) is 0 Å². The zero-order valence-electron chi connectivity index (χ0n) is 15.2. The van der Waals surface area contributed by atoms with Gasteiger partial charge >= 0.3 is 5.97 Å². The van der Waals surface area contributed by atoms with Crippen LogP contribution in [0.25, 0.3) is 0 Å². The molecule has 7 nitrogen and oxygen atoms in total. The van der Waals surface area contributed by atoms with E-state index in [-0.39, 0.29) is 40.8 Å². The minimum atomic E-state index is -1.05. The lowest BCUT2D eigenvalue weighted by Crippen LogP contribution is -2.65. The summed E-state index contributed by atoms with van der Waals surface area (Å²) in [5, 5.41) is 13.0. The summed E-state index contributed by atoms with van der Waals surface area (Å²) in [6.45, 7) is 6.40. The molecule has 3 aliphatic heterocycles. The summed E-state index contributed by atoms with van der Waals surface area (Å²) in [5.41, 5.74) is -0.394. The van der Waals surface area contributed by atoms with Crippen LogP contribution in [0, 0.1) is 11.3 Å². The summed E-state index contributed by atoms with van der Waals surface area (Å²) in [4.78, 5) is 40.1. The number of nitrogens with one attached hydrogen (secondary N) is 1. The van der Waals surface area contributed by atoms with Crippen molar-refractivity contribution < 1.29 is 19.5 Å². The summed E-state index contributed by atoms with van der Waals surface area (Å²) in [5.74, 6) is -1.14. The Labute approximate surface area is 151 Å². The average Bonchev–Trinajstić information content (AvgIpc) is 3.09. The van der Waals surface area contributed by atoms with Gasteiger partial charge in [-0.3, -0.25) is 9.59 Å². The first-order chi connectivity index (χ1) is 11.6. The minimum absolute atomic E-state index is 0.00704. The Balaban J connectivity index is 1.79. The lowest BCUT2D eigenvalue weighted by Gasteiger charge is -2.51. The highest BCUT2D eigenvalue weighted by atomic mass is 32.2. The Kier molecular flexibility index (Phi) is 4.39. The van der Waals surface area contributed by atoms with Gasteiger partial charge in [0.05, 0.1) is 17.5 Å². The Morgan fingerprint density at radius 2 is 2.00 bits per heavy atom. The van der Waals surface area contributed by atoms with Crippen LogP contribution in [0.4, 0.5) is 0 Å². The number of carbonyl (C=O) groups excluding carboxylic acids is 2. The first-order valence-corrected chi connectivity index (χ1v) is 9.37. The normalized spacial score (nSPS) is 33.3. The number of aliphatic carboxylic acids is 1. The summed E-state index contributed by atoms with van der Waals surface area (Å²) < 4.78 is 0. The number of carbonyl (C=O) groups is 3. The lowest BCUT2D eigenvalue weighted by atomic mass is 9.70. The molecule has 0 unspecified atom stereocenters. The molecule has 2 amide bonds. The Bertz CT molecular complexity index is 673. The highest BCUT2D eigenvalue weighted by Gasteiger charge is 2.63. The fraction of sp³-hybridized carbons (Fsp3) is 0.706. The van der Waals surface area contributed by atoms with Crippen molar-refractivity contribution in [2.45, 2.75) is 44.5 Å². The molecule has 0 bridgehead atoms. The van der Waals surface area contributed by atoms with Crippen molar-refractivity contribution in [1.29, 1.82) is 0 Å². The molecule has 138 valence electrons. The molecule has 8 heteroatoms. The van der Waals surface area contributed by atoms with Gasteiger partial charge in [-0.25, -0.2) is 4.79 Å². The van der Waals surface area contributed by atoms with Crippen LogP contribution in [-0.2, 0) is 14.4 Å². The molecule has 25 heavy (non-hydrogen) atoms. The second kappa shape index (κ2) is 6.02. The first kappa shape index (κ1) is 18.3. The molecule has 0 spiro atoms. The number of amides is 2. The monoisotopic (exact) mass is 367 g/mol. The van der Waals surface area contributed by atoms with Crippen LogP contribution in [0.5, 0.6) is 0 Å². The van der Waals surface area contributed by atoms with Crippen LogP contribution in [0.1, 0.15) is 27.2 Å². The number of carboxylic acids is 1. The van der Waals surface area contributed by atoms with Gasteiger partial charge in [-0.1, -0.05) is 6.92 Å². The van der Waals surface area contributed by atoms with E-state index in [1.165, 1.54) is 16.7 Å². The molecule has 0 aromatic rings. The van der Waals surface area contributed by atoms with Crippen molar-refractivity contribution in [2.75, 3.05) is 20.6 Å². The molecule has 3 aliphatic rings. The van der Waals surface area contributed by atoms with E-state index in [0.717, 1.165) is 4.91 Å². The van der Waals surface area contributed by atoms with E-state index in [4.69, 9.17) is 0 Å². The van der Waals surface area contributed by atoms with Gasteiger partial charge in [-0.2, -0.15) is 0 Å². The van der Waals surface area contributed by atoms with Gasteiger partial charge in [-0.05, 0) is 20.3 Å². The molecule has 0 aliphatic carbocycles. The Hall–Kier alpha value is -1.54. The van der Waals surface area contributed by atoms with Crippen molar-refractivity contribution in [3.8, 4) is 0 Å². The van der Waals surface area contributed by atoms with Gasteiger partial charge in [0.1, 0.15) is 5.70 Å². The second-order valence-corrected chi connectivity index (χ2v) is 9.16. The van der Waals surface area contributed by atoms with Crippen molar-refractivity contribution in [3.63, 3.8) is 0 Å². The average molecular weight is 367 g/mol. The second-order valence-electron chi connectivity index (χ2n) is 7.82. The van der Waals surface area contributed by atoms with Crippen LogP contribution >= 0.6 is 11.8 Å². The molecule has 4 atom stereocenters. The Morgan fingerprint density at radius 1 is 1.36 bits per heavy atom. The van der Waals surface area contributed by atoms with Crippen LogP contribution in [-0.4, -0.2) is 70.7 Å². The summed E-state index contributed by atoms with van der Waals surface area (Å²) in [6, 6.07) is -0.324. The van der Waals surface area contributed by atoms with Crippen molar-refractivity contribution in [2.24, 2.45) is 11.3 Å². The van der Waals surface area contributed by atoms with E-state index >= 15 is 0 Å². The molecule has 0 aromatic heterocycles. The van der Waals surface area contributed by atoms with Gasteiger partial charge in [0, 0.05) is 36.7 Å². The van der Waals surface area contributed by atoms with Crippen molar-refractivity contribution in [1.82, 2.24) is 15.1 Å². The number of likely N-dealkylation sites (N-methyl/N-ethyl adjacent to an activating group) is 1. The lowest BCUT2D eigenvalue weighted by molar-refractivity contribution is -0.166. The molecule has 3 heterocycles. The third-order valence-corrected chi connectivity index (χ3v) is 6.99. The predicted octanol–water partition coefficient (Wildman–Crippen LogP) is 0.721. The predicted molar refractivity (Wildman–Crippen MR) is 94.7 cm³/mol. The SMILES string of the molecule is C[C@H]1C(S[C@@H]2CN[C@H](C(=O)N(C)C)C2)=C(C(=O)O)N2C(=O)C(C)(C)[C@H]12. The van der Waals surface area contributed by atoms with E-state index in [0.29, 0.717) is 13.0 Å². The summed E-state index contributed by atoms with van der Waals surface area (Å²) in [7, 11) is 3.46. The number of β-lactam (4-membered cyclic amide) rings is 1. The molecule has 2 fully saturated rings. The first-order valence-electron chi connectivity index (χ1n) is 8.49. The van der Waals surface area contributed by atoms with Crippen molar-refractivity contribution >= 4 is 29.5 Å². The summed E-state index contributed by atoms with van der Waals surface area (Å²) in [6.07, 6.45) is 0.660. The number of carboxylic acid groups (broad SMARTS) is 1. The highest BCUT2D eigenvalue weighted by Crippen LogP contribution is 2.55.